The number of nitrogens with one attached hydrogen (secondary N) is 2. The van der Waals surface area contributed by atoms with Crippen molar-refractivity contribution in [1.29, 1.82) is 0 Å². The molecule has 14 heteroatoms. The highest BCUT2D eigenvalue weighted by molar-refractivity contribution is 6.30. The van der Waals surface area contributed by atoms with Crippen molar-refractivity contribution < 1.29 is 36.3 Å². The number of carbonyl (C=O) groups is 3. The molecule has 1 aliphatic heterocycles. The normalized spacial score (nSPS) is 18.6. The lowest BCUT2D eigenvalue weighted by Gasteiger charge is -2.40. The van der Waals surface area contributed by atoms with E-state index in [1.807, 2.05) is 0 Å². The fraction of sp³-hybridized carbons (Fsp3) is 0.385. The predicted molar refractivity (Wildman–Crippen MR) is 135 cm³/mol. The summed E-state index contributed by atoms with van der Waals surface area (Å²) in [5, 5.41) is 4.17. The lowest BCUT2D eigenvalue weighted by atomic mass is 9.84. The zero-order chi connectivity index (χ0) is 29.4. The van der Waals surface area contributed by atoms with E-state index in [9.17, 15) is 36.3 Å². The molecule has 2 aromatic heterocycles. The van der Waals surface area contributed by atoms with Gasteiger partial charge in [0.25, 0.3) is 5.91 Å². The van der Waals surface area contributed by atoms with Gasteiger partial charge in [0, 0.05) is 30.2 Å². The van der Waals surface area contributed by atoms with Gasteiger partial charge in [0.2, 0.25) is 5.91 Å². The van der Waals surface area contributed by atoms with Crippen molar-refractivity contribution in [3.8, 4) is 0 Å². The average molecular weight is 586 g/mol. The number of aromatic nitrogens is 2. The highest BCUT2D eigenvalue weighted by atomic mass is 35.5. The molecule has 8 nitrogen and oxygen atoms in total. The van der Waals surface area contributed by atoms with E-state index in [0.29, 0.717) is 11.1 Å². The standard InChI is InChI=1S/C26H25ClF5N5O3/c1-13(2)22(35-25(40)26(30,31)32)23(38)34-19-11-36(24(39)16-4-3-6-37-12-33-10-20(16)37)7-5-15(19)17-8-14(27)9-18(28)21(17)29/h3-4,6,8-10,12-13,15,19,22H,5,7,11H2,1-2H3,(H,34,38)(H,35,40)/t15-,19+,22+/m0/s1. The average Bonchev–Trinajstić information content (AvgIpc) is 3.37. The summed E-state index contributed by atoms with van der Waals surface area (Å²) in [5.41, 5.74) is 0.676. The van der Waals surface area contributed by atoms with Crippen LogP contribution in [0.5, 0.6) is 0 Å². The van der Waals surface area contributed by atoms with E-state index in [1.54, 1.807) is 28.0 Å². The van der Waals surface area contributed by atoms with Gasteiger partial charge in [-0.1, -0.05) is 25.4 Å². The van der Waals surface area contributed by atoms with Crippen molar-refractivity contribution in [2.24, 2.45) is 5.92 Å². The number of benzene rings is 1. The van der Waals surface area contributed by atoms with Crippen LogP contribution in [0.3, 0.4) is 0 Å². The van der Waals surface area contributed by atoms with Crippen molar-refractivity contribution in [2.75, 3.05) is 13.1 Å². The molecule has 2 N–H and O–H groups in total. The van der Waals surface area contributed by atoms with Crippen LogP contribution in [0.15, 0.2) is 43.0 Å². The monoisotopic (exact) mass is 585 g/mol. The number of halogens is 6. The van der Waals surface area contributed by atoms with Crippen LogP contribution in [0.25, 0.3) is 5.52 Å². The number of likely N-dealkylation sites (tertiary alicyclic amines) is 1. The van der Waals surface area contributed by atoms with Crippen LogP contribution in [0.4, 0.5) is 22.0 Å². The van der Waals surface area contributed by atoms with Gasteiger partial charge in [-0.2, -0.15) is 13.2 Å². The van der Waals surface area contributed by atoms with Crippen LogP contribution in [0.1, 0.15) is 42.1 Å². The Morgan fingerprint density at radius 1 is 1.18 bits per heavy atom. The minimum atomic E-state index is -5.22. The van der Waals surface area contributed by atoms with Crippen molar-refractivity contribution in [1.82, 2.24) is 24.9 Å². The highest BCUT2D eigenvalue weighted by Gasteiger charge is 2.43. The van der Waals surface area contributed by atoms with Gasteiger partial charge in [-0.15, -0.1) is 0 Å². The number of pyridine rings is 1. The second-order valence-electron chi connectivity index (χ2n) is 9.85. The van der Waals surface area contributed by atoms with Crippen LogP contribution in [0, 0.1) is 17.6 Å². The molecular formula is C26H25ClF5N5O3. The fourth-order valence-corrected chi connectivity index (χ4v) is 5.05. The molecule has 0 unspecified atom stereocenters. The second kappa shape index (κ2) is 11.4. The zero-order valence-corrected chi connectivity index (χ0v) is 22.1. The number of alkyl halides is 3. The Balaban J connectivity index is 1.66. The molecule has 3 atom stereocenters. The Kier molecular flexibility index (Phi) is 8.33. The summed E-state index contributed by atoms with van der Waals surface area (Å²) >= 11 is 5.97. The molecule has 0 radical (unpaired) electrons. The van der Waals surface area contributed by atoms with Gasteiger partial charge in [0.15, 0.2) is 11.6 Å². The molecule has 0 saturated carbocycles. The Morgan fingerprint density at radius 2 is 1.90 bits per heavy atom. The SMILES string of the molecule is CC(C)[C@@H](NC(=O)C(F)(F)F)C(=O)N[C@@H]1CN(C(=O)c2cccn3cncc23)CC[C@H]1c1cc(Cl)cc(F)c1F. The van der Waals surface area contributed by atoms with Crippen LogP contribution < -0.4 is 10.6 Å². The molecule has 3 aromatic rings. The molecule has 1 aliphatic rings. The summed E-state index contributed by atoms with van der Waals surface area (Å²) in [7, 11) is 0. The molecule has 0 bridgehead atoms. The van der Waals surface area contributed by atoms with Crippen molar-refractivity contribution in [2.45, 2.75) is 44.4 Å². The van der Waals surface area contributed by atoms with E-state index in [1.165, 1.54) is 37.3 Å². The molecular weight excluding hydrogens is 561 g/mol. The number of fused-ring (bicyclic) bond motifs is 1. The third kappa shape index (κ3) is 6.03. The molecule has 1 saturated heterocycles. The fourth-order valence-electron chi connectivity index (χ4n) is 4.83. The van der Waals surface area contributed by atoms with E-state index in [2.05, 4.69) is 10.3 Å². The minimum absolute atomic E-state index is 0.0665. The summed E-state index contributed by atoms with van der Waals surface area (Å²) < 4.78 is 69.5. The van der Waals surface area contributed by atoms with Crippen molar-refractivity contribution in [3.63, 3.8) is 0 Å². The van der Waals surface area contributed by atoms with Gasteiger partial charge in [-0.3, -0.25) is 14.4 Å². The molecule has 40 heavy (non-hydrogen) atoms. The van der Waals surface area contributed by atoms with Crippen molar-refractivity contribution >= 4 is 34.8 Å². The van der Waals surface area contributed by atoms with E-state index in [0.717, 1.165) is 6.07 Å². The highest BCUT2D eigenvalue weighted by Crippen LogP contribution is 2.34. The molecule has 4 rings (SSSR count). The Morgan fingerprint density at radius 3 is 2.58 bits per heavy atom. The Hall–Kier alpha value is -3.74. The number of carbonyl (C=O) groups excluding carboxylic acids is 3. The maximum absolute atomic E-state index is 14.9. The maximum atomic E-state index is 14.9. The predicted octanol–water partition coefficient (Wildman–Crippen LogP) is 4.08. The lowest BCUT2D eigenvalue weighted by molar-refractivity contribution is -0.175. The van der Waals surface area contributed by atoms with Gasteiger partial charge in [0.05, 0.1) is 29.6 Å². The number of imidazole rings is 1. The Bertz CT molecular complexity index is 1440. The smallest absolute Gasteiger partial charge is 0.349 e. The number of hydrogen-bond donors (Lipinski definition) is 2. The van der Waals surface area contributed by atoms with Crippen LogP contribution in [-0.4, -0.2) is 63.4 Å². The number of amides is 3. The van der Waals surface area contributed by atoms with Gasteiger partial charge in [-0.25, -0.2) is 13.8 Å². The minimum Gasteiger partial charge on any atom is -0.349 e. The topological polar surface area (TPSA) is 95.8 Å². The summed E-state index contributed by atoms with van der Waals surface area (Å²) in [4.78, 5) is 43.7. The van der Waals surface area contributed by atoms with Gasteiger partial charge in [-0.05, 0) is 42.2 Å². The first-order valence-corrected chi connectivity index (χ1v) is 12.7. The first-order chi connectivity index (χ1) is 18.8. The zero-order valence-electron chi connectivity index (χ0n) is 21.3. The number of rotatable bonds is 6. The van der Waals surface area contributed by atoms with Crippen LogP contribution >= 0.6 is 11.6 Å². The molecule has 3 heterocycles. The number of piperidine rings is 1. The van der Waals surface area contributed by atoms with E-state index in [-0.39, 0.29) is 30.1 Å². The summed E-state index contributed by atoms with van der Waals surface area (Å²) in [6.45, 7) is 2.79. The summed E-state index contributed by atoms with van der Waals surface area (Å²) in [6.07, 6.45) is -0.442. The third-order valence-corrected chi connectivity index (χ3v) is 7.04. The van der Waals surface area contributed by atoms with Gasteiger partial charge >= 0.3 is 12.1 Å². The first kappa shape index (κ1) is 29.2. The molecule has 1 aromatic carbocycles. The quantitative estimate of drug-likeness (QED) is 0.337. The molecule has 0 spiro atoms. The molecule has 0 aliphatic carbocycles. The first-order valence-electron chi connectivity index (χ1n) is 12.3. The van der Waals surface area contributed by atoms with E-state index < -0.39 is 59.5 Å². The van der Waals surface area contributed by atoms with Crippen molar-refractivity contribution in [3.05, 3.63) is 70.8 Å². The van der Waals surface area contributed by atoms with E-state index >= 15 is 0 Å². The summed E-state index contributed by atoms with van der Waals surface area (Å²) in [6, 6.07) is 2.58. The maximum Gasteiger partial charge on any atom is 0.471 e. The Labute approximate surface area is 230 Å². The van der Waals surface area contributed by atoms with Gasteiger partial charge in [0.1, 0.15) is 6.04 Å². The molecule has 3 amide bonds. The van der Waals surface area contributed by atoms with Gasteiger partial charge < -0.3 is 19.9 Å². The largest absolute Gasteiger partial charge is 0.471 e. The third-order valence-electron chi connectivity index (χ3n) is 6.82. The molecule has 1 fully saturated rings. The van der Waals surface area contributed by atoms with E-state index in [4.69, 9.17) is 11.6 Å². The lowest BCUT2D eigenvalue weighted by Crippen LogP contribution is -2.59. The summed E-state index contributed by atoms with van der Waals surface area (Å²) in [5.74, 6) is -7.75. The van der Waals surface area contributed by atoms with Crippen LogP contribution in [-0.2, 0) is 9.59 Å². The number of nitrogens with zero attached hydrogens (tertiary/aromatic N) is 3. The molecule has 214 valence electrons. The second-order valence-corrected chi connectivity index (χ2v) is 10.3. The van der Waals surface area contributed by atoms with Crippen LogP contribution in [0.2, 0.25) is 5.02 Å². The number of hydrogen-bond acceptors (Lipinski definition) is 4.